The molecule has 0 spiro atoms. The monoisotopic (exact) mass is 293 g/mol. The third-order valence-corrected chi connectivity index (χ3v) is 3.25. The highest BCUT2D eigenvalue weighted by Gasteiger charge is 2.18. The Kier molecular flexibility index (Phi) is 3.65. The lowest BCUT2D eigenvalue weighted by Crippen LogP contribution is -1.96. The Balaban J connectivity index is 2.65. The molecule has 0 saturated heterocycles. The lowest BCUT2D eigenvalue weighted by Gasteiger charge is -2.05. The Hall–Kier alpha value is -2.16. The number of aromatic nitrogens is 1. The summed E-state index contributed by atoms with van der Waals surface area (Å²) in [5.74, 6) is 0. The molecule has 0 N–H and O–H groups in total. The van der Waals surface area contributed by atoms with Crippen molar-refractivity contribution in [3.8, 4) is 17.2 Å². The molecule has 0 bridgehead atoms. The number of pyridine rings is 1. The molecule has 19 heavy (non-hydrogen) atoms. The summed E-state index contributed by atoms with van der Waals surface area (Å²) in [5, 5.41) is 20.3. The number of rotatable bonds is 2. The molecule has 0 aliphatic carbocycles. The van der Waals surface area contributed by atoms with E-state index in [1.165, 1.54) is 12.3 Å². The first-order valence-corrected chi connectivity index (χ1v) is 5.79. The van der Waals surface area contributed by atoms with E-state index in [2.05, 4.69) is 4.98 Å². The maximum Gasteiger partial charge on any atom is 0.306 e. The minimum Gasteiger partial charge on any atom is -0.258 e. The normalized spacial score (nSPS) is 9.95. The van der Waals surface area contributed by atoms with E-state index in [1.807, 2.05) is 0 Å². The zero-order chi connectivity index (χ0) is 14.0. The summed E-state index contributed by atoms with van der Waals surface area (Å²) in [6.07, 6.45) is 1.35. The maximum absolute atomic E-state index is 10.9. The number of nitriles is 1. The summed E-state index contributed by atoms with van der Waals surface area (Å²) in [7, 11) is 0. The standard InChI is InChI=1S/C12H5Cl2N3O2/c13-9-3-1-2-8(12(9)14)7-4-11(17(18)19)10(5-15)16-6-7/h1-4,6H. The van der Waals surface area contributed by atoms with Gasteiger partial charge in [0.25, 0.3) is 0 Å². The summed E-state index contributed by atoms with van der Waals surface area (Å²) >= 11 is 11.9. The van der Waals surface area contributed by atoms with Crippen molar-refractivity contribution in [2.75, 3.05) is 0 Å². The van der Waals surface area contributed by atoms with Crippen molar-refractivity contribution in [1.82, 2.24) is 4.98 Å². The Morgan fingerprint density at radius 3 is 2.74 bits per heavy atom. The molecular formula is C12H5Cl2N3O2. The fraction of sp³-hybridized carbons (Fsp3) is 0. The van der Waals surface area contributed by atoms with E-state index in [0.29, 0.717) is 16.1 Å². The van der Waals surface area contributed by atoms with Gasteiger partial charge in [-0.3, -0.25) is 10.1 Å². The second-order valence-corrected chi connectivity index (χ2v) is 4.35. The number of halogens is 2. The minimum absolute atomic E-state index is 0.244. The van der Waals surface area contributed by atoms with E-state index in [0.717, 1.165) is 0 Å². The largest absolute Gasteiger partial charge is 0.306 e. The van der Waals surface area contributed by atoms with E-state index in [-0.39, 0.29) is 16.4 Å². The van der Waals surface area contributed by atoms with Gasteiger partial charge in [0.15, 0.2) is 0 Å². The first-order valence-electron chi connectivity index (χ1n) is 5.03. The first kappa shape index (κ1) is 13.3. The number of hydrogen-bond donors (Lipinski definition) is 0. The molecule has 1 aromatic carbocycles. The molecule has 0 amide bonds. The van der Waals surface area contributed by atoms with Crippen LogP contribution in [-0.2, 0) is 0 Å². The highest BCUT2D eigenvalue weighted by molar-refractivity contribution is 6.43. The molecule has 0 aliphatic rings. The van der Waals surface area contributed by atoms with Gasteiger partial charge in [0.1, 0.15) is 6.07 Å². The van der Waals surface area contributed by atoms with Crippen LogP contribution < -0.4 is 0 Å². The van der Waals surface area contributed by atoms with Crippen molar-refractivity contribution in [2.24, 2.45) is 0 Å². The third-order valence-electron chi connectivity index (χ3n) is 2.43. The second-order valence-electron chi connectivity index (χ2n) is 3.56. The second kappa shape index (κ2) is 5.22. The van der Waals surface area contributed by atoms with Crippen LogP contribution in [0.1, 0.15) is 5.69 Å². The van der Waals surface area contributed by atoms with Crippen LogP contribution in [0.15, 0.2) is 30.5 Å². The summed E-state index contributed by atoms with van der Waals surface area (Å²) in [6.45, 7) is 0. The van der Waals surface area contributed by atoms with Crippen LogP contribution in [0.3, 0.4) is 0 Å². The fourth-order valence-corrected chi connectivity index (χ4v) is 1.96. The van der Waals surface area contributed by atoms with Crippen molar-refractivity contribution in [1.29, 1.82) is 5.26 Å². The van der Waals surface area contributed by atoms with E-state index in [4.69, 9.17) is 28.5 Å². The van der Waals surface area contributed by atoms with Gasteiger partial charge >= 0.3 is 5.69 Å². The topological polar surface area (TPSA) is 79.8 Å². The third kappa shape index (κ3) is 2.50. The zero-order valence-corrected chi connectivity index (χ0v) is 10.8. The highest BCUT2D eigenvalue weighted by atomic mass is 35.5. The fourth-order valence-electron chi connectivity index (χ4n) is 1.55. The van der Waals surface area contributed by atoms with Crippen LogP contribution in [0, 0.1) is 21.4 Å². The average Bonchev–Trinajstić information content (AvgIpc) is 2.41. The van der Waals surface area contributed by atoms with Gasteiger partial charge in [-0.25, -0.2) is 4.98 Å². The Bertz CT molecular complexity index is 711. The Labute approximate surface area is 118 Å². The van der Waals surface area contributed by atoms with Crippen molar-refractivity contribution in [3.63, 3.8) is 0 Å². The van der Waals surface area contributed by atoms with Crippen LogP contribution >= 0.6 is 23.2 Å². The molecule has 0 fully saturated rings. The first-order chi connectivity index (χ1) is 9.04. The molecule has 2 aromatic rings. The minimum atomic E-state index is -0.659. The smallest absolute Gasteiger partial charge is 0.258 e. The quantitative estimate of drug-likeness (QED) is 0.622. The number of benzene rings is 1. The van der Waals surface area contributed by atoms with Gasteiger partial charge in [0.05, 0.1) is 15.0 Å². The van der Waals surface area contributed by atoms with E-state index < -0.39 is 4.92 Å². The molecule has 2 rings (SSSR count). The Morgan fingerprint density at radius 2 is 2.11 bits per heavy atom. The molecule has 0 unspecified atom stereocenters. The van der Waals surface area contributed by atoms with Crippen molar-refractivity contribution in [2.45, 2.75) is 0 Å². The molecule has 0 atom stereocenters. The van der Waals surface area contributed by atoms with Gasteiger partial charge in [0, 0.05) is 23.4 Å². The van der Waals surface area contributed by atoms with E-state index >= 15 is 0 Å². The van der Waals surface area contributed by atoms with Gasteiger partial charge in [-0.15, -0.1) is 0 Å². The van der Waals surface area contributed by atoms with Gasteiger partial charge in [0.2, 0.25) is 5.69 Å². The summed E-state index contributed by atoms with van der Waals surface area (Å²) in [6, 6.07) is 7.87. The number of nitrogens with zero attached hydrogens (tertiary/aromatic N) is 3. The van der Waals surface area contributed by atoms with E-state index in [1.54, 1.807) is 24.3 Å². The number of nitro groups is 1. The molecule has 0 radical (unpaired) electrons. The van der Waals surface area contributed by atoms with Crippen LogP contribution in [-0.4, -0.2) is 9.91 Å². The average molecular weight is 294 g/mol. The van der Waals surface area contributed by atoms with E-state index in [9.17, 15) is 10.1 Å². The van der Waals surface area contributed by atoms with Crippen LogP contribution in [0.25, 0.3) is 11.1 Å². The van der Waals surface area contributed by atoms with Gasteiger partial charge in [-0.1, -0.05) is 35.3 Å². The lowest BCUT2D eigenvalue weighted by molar-refractivity contribution is -0.385. The van der Waals surface area contributed by atoms with Gasteiger partial charge < -0.3 is 0 Å². The lowest BCUT2D eigenvalue weighted by atomic mass is 10.1. The predicted octanol–water partition coefficient (Wildman–Crippen LogP) is 3.84. The molecule has 94 valence electrons. The summed E-state index contributed by atoms with van der Waals surface area (Å²) in [4.78, 5) is 14.0. The Morgan fingerprint density at radius 1 is 1.37 bits per heavy atom. The SMILES string of the molecule is N#Cc1ncc(-c2cccc(Cl)c2Cl)cc1[N+](=O)[O-]. The summed E-state index contributed by atoms with van der Waals surface area (Å²) in [5.41, 5.74) is 0.343. The van der Waals surface area contributed by atoms with Crippen LogP contribution in [0.5, 0.6) is 0 Å². The molecule has 1 heterocycles. The summed E-state index contributed by atoms with van der Waals surface area (Å²) < 4.78 is 0. The predicted molar refractivity (Wildman–Crippen MR) is 71.1 cm³/mol. The van der Waals surface area contributed by atoms with Crippen LogP contribution in [0.4, 0.5) is 5.69 Å². The molecule has 5 nitrogen and oxygen atoms in total. The highest BCUT2D eigenvalue weighted by Crippen LogP contribution is 2.34. The number of hydrogen-bond acceptors (Lipinski definition) is 4. The molecule has 0 saturated carbocycles. The van der Waals surface area contributed by atoms with Crippen LogP contribution in [0.2, 0.25) is 10.0 Å². The zero-order valence-electron chi connectivity index (χ0n) is 9.30. The molecule has 1 aromatic heterocycles. The molecule has 7 heteroatoms. The maximum atomic E-state index is 10.9. The van der Waals surface area contributed by atoms with Crippen molar-refractivity contribution >= 4 is 28.9 Å². The van der Waals surface area contributed by atoms with Crippen molar-refractivity contribution < 1.29 is 4.92 Å². The van der Waals surface area contributed by atoms with Gasteiger partial charge in [-0.05, 0) is 6.07 Å². The van der Waals surface area contributed by atoms with Gasteiger partial charge in [-0.2, -0.15) is 5.26 Å². The molecular weight excluding hydrogens is 289 g/mol. The van der Waals surface area contributed by atoms with Crippen molar-refractivity contribution in [3.05, 3.63) is 56.3 Å². The molecule has 0 aliphatic heterocycles.